The number of likely N-dealkylation sites (tertiary alicyclic amines) is 1. The zero-order valence-electron chi connectivity index (χ0n) is 22.0. The van der Waals surface area contributed by atoms with Crippen LogP contribution in [0.1, 0.15) is 61.1 Å². The summed E-state index contributed by atoms with van der Waals surface area (Å²) in [6.07, 6.45) is -3.94. The molecule has 0 radical (unpaired) electrons. The molecule has 3 atom stereocenters. The minimum absolute atomic E-state index is 0. The van der Waals surface area contributed by atoms with Crippen molar-refractivity contribution in [1.82, 2.24) is 4.90 Å². The topological polar surface area (TPSA) is 55.8 Å². The van der Waals surface area contributed by atoms with Crippen molar-refractivity contribution in [3.05, 3.63) is 107 Å². The average molecular weight is 556 g/mol. The van der Waals surface area contributed by atoms with E-state index in [1.807, 2.05) is 60.7 Å². The Balaban J connectivity index is 0.00000441. The lowest BCUT2D eigenvalue weighted by molar-refractivity contribution is -0.137. The van der Waals surface area contributed by atoms with Crippen molar-refractivity contribution >= 4 is 12.4 Å². The summed E-state index contributed by atoms with van der Waals surface area (Å²) in [5, 5.41) is 0. The molecule has 5 nitrogen and oxygen atoms in total. The highest BCUT2D eigenvalue weighted by molar-refractivity contribution is 5.71. The maximum absolute atomic E-state index is 13.5. The van der Waals surface area contributed by atoms with Crippen LogP contribution < -0.4 is 0 Å². The molecule has 1 amide bonds. The van der Waals surface area contributed by atoms with E-state index in [1.54, 1.807) is 24.8 Å². The summed E-state index contributed by atoms with van der Waals surface area (Å²) in [6.45, 7) is 3.53. The van der Waals surface area contributed by atoms with Crippen LogP contribution in [-0.4, -0.2) is 30.4 Å². The summed E-state index contributed by atoms with van der Waals surface area (Å²) >= 11 is 0. The Morgan fingerprint density at radius 2 is 1.73 bits per heavy atom. The predicted octanol–water partition coefficient (Wildman–Crippen LogP) is 7.87. The number of carbonyl (C=O) groups is 2. The lowest BCUT2D eigenvalue weighted by Crippen LogP contribution is -2.57. The lowest BCUT2D eigenvalue weighted by Gasteiger charge is -2.48. The highest BCUT2D eigenvalue weighted by Crippen LogP contribution is 2.41. The van der Waals surface area contributed by atoms with Gasteiger partial charge in [0.05, 0.1) is 23.8 Å². The van der Waals surface area contributed by atoms with Crippen LogP contribution in [0.2, 0.25) is 0 Å². The molecule has 1 heterocycles. The van der Waals surface area contributed by atoms with Gasteiger partial charge in [-0.15, -0.1) is 0 Å². The van der Waals surface area contributed by atoms with Crippen molar-refractivity contribution in [2.75, 3.05) is 13.2 Å². The van der Waals surface area contributed by atoms with Gasteiger partial charge in [-0.2, -0.15) is 13.2 Å². The highest BCUT2D eigenvalue weighted by atomic mass is 19.4. The number of piperidine rings is 1. The minimum Gasteiger partial charge on any atom is -0.445 e. The zero-order valence-corrected chi connectivity index (χ0v) is 22.0. The Kier molecular flexibility index (Phi) is 10.1. The second kappa shape index (κ2) is 13.1. The zero-order chi connectivity index (χ0) is 28.0. The van der Waals surface area contributed by atoms with Crippen molar-refractivity contribution in [1.29, 1.82) is 0 Å². The fourth-order valence-electron chi connectivity index (χ4n) is 5.07. The second-order valence-electron chi connectivity index (χ2n) is 10.1. The molecule has 1 aliphatic heterocycles. The number of hydrogen-bond acceptors (Lipinski definition) is 4. The van der Waals surface area contributed by atoms with Gasteiger partial charge in [0, 0.05) is 12.5 Å². The molecule has 3 aromatic carbocycles. The number of halogens is 3. The number of aldehydes is 1. The van der Waals surface area contributed by atoms with Gasteiger partial charge in [-0.3, -0.25) is 4.90 Å². The molecule has 214 valence electrons. The van der Waals surface area contributed by atoms with E-state index < -0.39 is 29.5 Å². The molecule has 1 saturated heterocycles. The van der Waals surface area contributed by atoms with Crippen molar-refractivity contribution in [2.24, 2.45) is 5.92 Å². The Morgan fingerprint density at radius 3 is 2.35 bits per heavy atom. The fourth-order valence-corrected chi connectivity index (χ4v) is 5.07. The van der Waals surface area contributed by atoms with Crippen molar-refractivity contribution < 1.29 is 32.2 Å². The Hall–Kier alpha value is -3.65. The summed E-state index contributed by atoms with van der Waals surface area (Å²) in [7, 11) is 0. The molecule has 0 saturated carbocycles. The Bertz CT molecular complexity index is 1270. The molecule has 0 N–H and O–H groups in total. The molecule has 4 rings (SSSR count). The van der Waals surface area contributed by atoms with Crippen LogP contribution in [-0.2, 0) is 32.6 Å². The van der Waals surface area contributed by atoms with Crippen LogP contribution in [0.15, 0.2) is 78.9 Å². The first-order valence-corrected chi connectivity index (χ1v) is 12.9. The third-order valence-corrected chi connectivity index (χ3v) is 7.26. The molecule has 0 bridgehead atoms. The lowest BCUT2D eigenvalue weighted by atomic mass is 9.78. The van der Waals surface area contributed by atoms with Gasteiger partial charge in [-0.05, 0) is 55.5 Å². The molecule has 1 fully saturated rings. The van der Waals surface area contributed by atoms with E-state index in [0.717, 1.165) is 29.5 Å². The second-order valence-corrected chi connectivity index (χ2v) is 10.1. The molecule has 1 aliphatic rings. The number of aryl methyl sites for hydroxylation is 1. The number of nitrogens with zero attached hydrogens (tertiary/aromatic N) is 1. The third-order valence-electron chi connectivity index (χ3n) is 7.26. The molecule has 3 aromatic rings. The van der Waals surface area contributed by atoms with Gasteiger partial charge in [0.15, 0.2) is 0 Å². The standard InChI is InChI=1S/C31H32F3NO4.CH4/c1-22-15-26(17-28(16-22)31(32,33)34)23(2)39-21-30(27-11-7-4-8-12-27)14-13-25(19-36)18-35(30)29(37)38-20-24-9-5-3-6-10-24;/h3-12,15-17,19,23,25H,13-14,18,20-21H2,1-2H3;1H4/t23-,25?,30-;/m1./s1. The highest BCUT2D eigenvalue weighted by Gasteiger charge is 2.47. The molecule has 0 aliphatic carbocycles. The first-order valence-electron chi connectivity index (χ1n) is 12.9. The summed E-state index contributed by atoms with van der Waals surface area (Å²) < 4.78 is 52.3. The van der Waals surface area contributed by atoms with Crippen LogP contribution >= 0.6 is 0 Å². The maximum Gasteiger partial charge on any atom is 0.416 e. The van der Waals surface area contributed by atoms with E-state index in [2.05, 4.69) is 0 Å². The summed E-state index contributed by atoms with van der Waals surface area (Å²) in [4.78, 5) is 26.8. The number of hydrogen-bond donors (Lipinski definition) is 0. The third kappa shape index (κ3) is 7.10. The fraction of sp³-hybridized carbons (Fsp3) is 0.375. The van der Waals surface area contributed by atoms with Gasteiger partial charge >= 0.3 is 12.3 Å². The summed E-state index contributed by atoms with van der Waals surface area (Å²) in [5.74, 6) is -0.366. The van der Waals surface area contributed by atoms with Gasteiger partial charge < -0.3 is 14.3 Å². The number of alkyl halides is 3. The van der Waals surface area contributed by atoms with E-state index in [4.69, 9.17) is 9.47 Å². The molecule has 40 heavy (non-hydrogen) atoms. The predicted molar refractivity (Wildman–Crippen MR) is 148 cm³/mol. The minimum atomic E-state index is -4.47. The molecule has 0 spiro atoms. The van der Waals surface area contributed by atoms with Crippen LogP contribution in [0.25, 0.3) is 0 Å². The van der Waals surface area contributed by atoms with Gasteiger partial charge in [0.2, 0.25) is 0 Å². The largest absolute Gasteiger partial charge is 0.445 e. The first-order chi connectivity index (χ1) is 18.6. The number of amides is 1. The maximum atomic E-state index is 13.5. The SMILES string of the molecule is C.Cc1cc([C@@H](C)OC[C@@]2(c3ccccc3)CCC(C=O)CN2C(=O)OCc2ccccc2)cc(C(F)(F)F)c1. The molecule has 8 heteroatoms. The van der Waals surface area contributed by atoms with E-state index in [9.17, 15) is 22.8 Å². The van der Waals surface area contributed by atoms with Crippen molar-refractivity contribution in [2.45, 2.75) is 58.5 Å². The monoisotopic (exact) mass is 555 g/mol. The molecular weight excluding hydrogens is 519 g/mol. The normalized spacial score (nSPS) is 19.8. The van der Waals surface area contributed by atoms with E-state index >= 15 is 0 Å². The van der Waals surface area contributed by atoms with Crippen molar-refractivity contribution in [3.63, 3.8) is 0 Å². The summed E-state index contributed by atoms with van der Waals surface area (Å²) in [6, 6.07) is 22.5. The van der Waals surface area contributed by atoms with Crippen LogP contribution in [0.5, 0.6) is 0 Å². The quantitative estimate of drug-likeness (QED) is 0.266. The molecular formula is C32H36F3NO4. The first kappa shape index (κ1) is 30.9. The molecule has 1 unspecified atom stereocenters. The van der Waals surface area contributed by atoms with E-state index in [-0.39, 0.29) is 33.1 Å². The van der Waals surface area contributed by atoms with E-state index in [0.29, 0.717) is 24.0 Å². The number of benzene rings is 3. The van der Waals surface area contributed by atoms with Crippen LogP contribution in [0.4, 0.5) is 18.0 Å². The Labute approximate surface area is 233 Å². The van der Waals surface area contributed by atoms with Gasteiger partial charge in [-0.1, -0.05) is 79.7 Å². The van der Waals surface area contributed by atoms with Gasteiger partial charge in [0.25, 0.3) is 0 Å². The number of carbonyl (C=O) groups excluding carboxylic acids is 2. The van der Waals surface area contributed by atoms with Crippen molar-refractivity contribution in [3.8, 4) is 0 Å². The number of rotatable bonds is 8. The van der Waals surface area contributed by atoms with Crippen LogP contribution in [0, 0.1) is 12.8 Å². The Morgan fingerprint density at radius 1 is 1.07 bits per heavy atom. The van der Waals surface area contributed by atoms with Gasteiger partial charge in [0.1, 0.15) is 12.9 Å². The smallest absolute Gasteiger partial charge is 0.416 e. The van der Waals surface area contributed by atoms with Gasteiger partial charge in [-0.25, -0.2) is 4.79 Å². The van der Waals surface area contributed by atoms with Crippen LogP contribution in [0.3, 0.4) is 0 Å². The van der Waals surface area contributed by atoms with E-state index in [1.165, 1.54) is 0 Å². The summed E-state index contributed by atoms with van der Waals surface area (Å²) in [5.41, 5.74) is 0.794. The molecule has 0 aromatic heterocycles. The average Bonchev–Trinajstić information content (AvgIpc) is 2.94. The number of ether oxygens (including phenoxy) is 2.